The summed E-state index contributed by atoms with van der Waals surface area (Å²) in [5.41, 5.74) is 2.28. The zero-order valence-electron chi connectivity index (χ0n) is 17.9. The second-order valence-corrected chi connectivity index (χ2v) is 6.73. The number of guanidine groups is 1. The minimum Gasteiger partial charge on any atom is -0.493 e. The predicted molar refractivity (Wildman–Crippen MR) is 117 cm³/mol. The normalized spacial score (nSPS) is 11.3. The summed E-state index contributed by atoms with van der Waals surface area (Å²) in [6, 6.07) is 11.9. The average molecular weight is 409 g/mol. The van der Waals surface area contributed by atoms with Crippen molar-refractivity contribution in [2.45, 2.75) is 13.0 Å². The Kier molecular flexibility index (Phi) is 7.26. The molecule has 0 aliphatic heterocycles. The van der Waals surface area contributed by atoms with Crippen LogP contribution in [0.5, 0.6) is 11.5 Å². The first-order valence-corrected chi connectivity index (χ1v) is 9.72. The van der Waals surface area contributed by atoms with Gasteiger partial charge in [-0.15, -0.1) is 0 Å². The molecule has 0 spiro atoms. The van der Waals surface area contributed by atoms with E-state index < -0.39 is 0 Å². The monoisotopic (exact) mass is 408 g/mol. The molecule has 2 aromatic heterocycles. The molecule has 8 heteroatoms. The minimum atomic E-state index is 0.643. The highest BCUT2D eigenvalue weighted by atomic mass is 16.5. The number of methoxy groups -OCH3 is 2. The van der Waals surface area contributed by atoms with Crippen LogP contribution >= 0.6 is 0 Å². The van der Waals surface area contributed by atoms with Gasteiger partial charge >= 0.3 is 0 Å². The van der Waals surface area contributed by atoms with Crippen LogP contribution in [0, 0.1) is 0 Å². The van der Waals surface area contributed by atoms with Gasteiger partial charge in [-0.05, 0) is 47.9 Å². The Balaban J connectivity index is 1.57. The molecule has 8 nitrogen and oxygen atoms in total. The fourth-order valence-electron chi connectivity index (χ4n) is 3.10. The quantitative estimate of drug-likeness (QED) is 0.456. The molecule has 2 heterocycles. The van der Waals surface area contributed by atoms with Crippen LogP contribution in [0.4, 0.5) is 0 Å². The van der Waals surface area contributed by atoms with Gasteiger partial charge in [0.2, 0.25) is 0 Å². The number of aliphatic imine (C=N–C) groups is 1. The van der Waals surface area contributed by atoms with Gasteiger partial charge in [0.05, 0.1) is 14.2 Å². The van der Waals surface area contributed by atoms with Crippen molar-refractivity contribution in [3.8, 4) is 17.3 Å². The summed E-state index contributed by atoms with van der Waals surface area (Å²) < 4.78 is 12.4. The van der Waals surface area contributed by atoms with Gasteiger partial charge in [-0.25, -0.2) is 9.67 Å². The largest absolute Gasteiger partial charge is 0.493 e. The molecule has 0 saturated carbocycles. The fourth-order valence-corrected chi connectivity index (χ4v) is 3.10. The maximum absolute atomic E-state index is 5.39. The Hall–Kier alpha value is -3.55. The van der Waals surface area contributed by atoms with Crippen molar-refractivity contribution in [2.24, 2.45) is 4.99 Å². The lowest BCUT2D eigenvalue weighted by Crippen LogP contribution is -2.39. The van der Waals surface area contributed by atoms with Gasteiger partial charge in [-0.2, -0.15) is 5.10 Å². The SMILES string of the molecule is CN=C(NCc1ccnc(-n2cccn2)c1)N(C)CCc1ccc(OC)c(OC)c1. The lowest BCUT2D eigenvalue weighted by Gasteiger charge is -2.22. The van der Waals surface area contributed by atoms with Crippen LogP contribution < -0.4 is 14.8 Å². The molecule has 158 valence electrons. The molecule has 1 aromatic carbocycles. The van der Waals surface area contributed by atoms with Crippen LogP contribution in [0.25, 0.3) is 5.82 Å². The molecule has 3 aromatic rings. The fraction of sp³-hybridized carbons (Fsp3) is 0.318. The molecule has 0 atom stereocenters. The van der Waals surface area contributed by atoms with Crippen LogP contribution in [0.1, 0.15) is 11.1 Å². The standard InChI is InChI=1S/C22H28N6O2/c1-23-22(25-16-18-8-11-24-21(15-18)28-12-5-10-26-28)27(2)13-9-17-6-7-19(29-3)20(14-17)30-4/h5-8,10-12,14-15H,9,13,16H2,1-4H3,(H,23,25). The van der Waals surface area contributed by atoms with Gasteiger partial charge in [0.1, 0.15) is 0 Å². The highest BCUT2D eigenvalue weighted by molar-refractivity contribution is 5.79. The van der Waals surface area contributed by atoms with Crippen LogP contribution in [-0.4, -0.2) is 60.5 Å². The zero-order valence-corrected chi connectivity index (χ0v) is 17.9. The Bertz CT molecular complexity index is 972. The number of hydrogen-bond acceptors (Lipinski definition) is 5. The first-order valence-electron chi connectivity index (χ1n) is 9.72. The van der Waals surface area contributed by atoms with E-state index in [2.05, 4.69) is 31.4 Å². The molecular formula is C22H28N6O2. The van der Waals surface area contributed by atoms with E-state index in [0.29, 0.717) is 6.54 Å². The summed E-state index contributed by atoms with van der Waals surface area (Å²) in [6.45, 7) is 1.45. The van der Waals surface area contributed by atoms with Crippen molar-refractivity contribution >= 4 is 5.96 Å². The molecule has 0 bridgehead atoms. The number of pyridine rings is 1. The first kappa shape index (κ1) is 21.2. The molecule has 0 amide bonds. The third-order valence-corrected chi connectivity index (χ3v) is 4.76. The van der Waals surface area contributed by atoms with Crippen molar-refractivity contribution in [1.29, 1.82) is 0 Å². The number of aromatic nitrogens is 3. The molecule has 1 N–H and O–H groups in total. The van der Waals surface area contributed by atoms with E-state index in [0.717, 1.165) is 41.8 Å². The summed E-state index contributed by atoms with van der Waals surface area (Å²) in [7, 11) is 7.10. The molecule has 0 fully saturated rings. The van der Waals surface area contributed by atoms with E-state index in [1.807, 2.05) is 43.6 Å². The minimum absolute atomic E-state index is 0.643. The van der Waals surface area contributed by atoms with Crippen molar-refractivity contribution < 1.29 is 9.47 Å². The maximum Gasteiger partial charge on any atom is 0.193 e. The molecular weight excluding hydrogens is 380 g/mol. The van der Waals surface area contributed by atoms with Crippen molar-refractivity contribution in [3.63, 3.8) is 0 Å². The lowest BCUT2D eigenvalue weighted by atomic mass is 10.1. The van der Waals surface area contributed by atoms with Gasteiger partial charge in [0, 0.05) is 45.8 Å². The summed E-state index contributed by atoms with van der Waals surface area (Å²) in [5, 5.41) is 7.64. The number of nitrogens with zero attached hydrogens (tertiary/aromatic N) is 5. The summed E-state index contributed by atoms with van der Waals surface area (Å²) in [4.78, 5) is 10.9. The maximum atomic E-state index is 5.39. The van der Waals surface area contributed by atoms with Crippen molar-refractivity contribution in [2.75, 3.05) is 34.9 Å². The molecule has 0 radical (unpaired) electrons. The van der Waals surface area contributed by atoms with E-state index in [1.165, 1.54) is 5.56 Å². The molecule has 30 heavy (non-hydrogen) atoms. The average Bonchev–Trinajstić information content (AvgIpc) is 3.33. The van der Waals surface area contributed by atoms with Gasteiger partial charge in [-0.1, -0.05) is 6.07 Å². The van der Waals surface area contributed by atoms with Gasteiger partial charge in [-0.3, -0.25) is 4.99 Å². The third kappa shape index (κ3) is 5.28. The first-order chi connectivity index (χ1) is 14.6. The Morgan fingerprint density at radius 1 is 1.10 bits per heavy atom. The Labute approximate surface area is 177 Å². The Morgan fingerprint density at radius 3 is 2.63 bits per heavy atom. The van der Waals surface area contributed by atoms with Crippen molar-refractivity contribution in [3.05, 3.63) is 66.1 Å². The highest BCUT2D eigenvalue weighted by Crippen LogP contribution is 2.27. The highest BCUT2D eigenvalue weighted by Gasteiger charge is 2.09. The summed E-state index contributed by atoms with van der Waals surface area (Å²) in [6.07, 6.45) is 6.26. The molecule has 0 unspecified atom stereocenters. The predicted octanol–water partition coefficient (Wildman–Crippen LogP) is 2.53. The number of rotatable bonds is 8. The van der Waals surface area contributed by atoms with E-state index in [9.17, 15) is 0 Å². The molecule has 0 aliphatic rings. The van der Waals surface area contributed by atoms with Gasteiger partial charge < -0.3 is 19.7 Å². The summed E-state index contributed by atoms with van der Waals surface area (Å²) in [5.74, 6) is 3.09. The van der Waals surface area contributed by atoms with Crippen LogP contribution in [0.3, 0.4) is 0 Å². The lowest BCUT2D eigenvalue weighted by molar-refractivity contribution is 0.354. The second-order valence-electron chi connectivity index (χ2n) is 6.73. The Morgan fingerprint density at radius 2 is 1.93 bits per heavy atom. The topological polar surface area (TPSA) is 76.8 Å². The molecule has 0 saturated heterocycles. The smallest absolute Gasteiger partial charge is 0.193 e. The zero-order chi connectivity index (χ0) is 21.3. The number of likely N-dealkylation sites (N-methyl/N-ethyl adjacent to an activating group) is 1. The molecule has 0 aliphatic carbocycles. The van der Waals surface area contributed by atoms with Crippen LogP contribution in [0.2, 0.25) is 0 Å². The van der Waals surface area contributed by atoms with Crippen molar-refractivity contribution in [1.82, 2.24) is 25.0 Å². The number of ether oxygens (including phenoxy) is 2. The number of benzene rings is 1. The summed E-state index contributed by atoms with van der Waals surface area (Å²) >= 11 is 0. The number of hydrogen-bond donors (Lipinski definition) is 1. The van der Waals surface area contributed by atoms with Gasteiger partial charge in [0.25, 0.3) is 0 Å². The second kappa shape index (κ2) is 10.3. The van der Waals surface area contributed by atoms with Crippen LogP contribution in [-0.2, 0) is 13.0 Å². The van der Waals surface area contributed by atoms with E-state index in [1.54, 1.807) is 38.3 Å². The van der Waals surface area contributed by atoms with Gasteiger partial charge in [0.15, 0.2) is 23.3 Å². The van der Waals surface area contributed by atoms with Crippen LogP contribution in [0.15, 0.2) is 60.0 Å². The van der Waals surface area contributed by atoms with E-state index in [4.69, 9.17) is 9.47 Å². The number of nitrogens with one attached hydrogen (secondary N) is 1. The van der Waals surface area contributed by atoms with E-state index in [-0.39, 0.29) is 0 Å². The third-order valence-electron chi connectivity index (χ3n) is 4.76. The van der Waals surface area contributed by atoms with E-state index >= 15 is 0 Å². The molecule has 3 rings (SSSR count).